The van der Waals surface area contributed by atoms with Crippen molar-refractivity contribution in [3.8, 4) is 0 Å². The van der Waals surface area contributed by atoms with E-state index in [2.05, 4.69) is 75.4 Å². The Bertz CT molecular complexity index is 500. The van der Waals surface area contributed by atoms with Crippen LogP contribution in [-0.4, -0.2) is 6.26 Å². The van der Waals surface area contributed by atoms with E-state index in [1.54, 1.807) is 11.8 Å². The molecule has 0 amide bonds. The minimum atomic E-state index is 0.279. The average molecular weight is 392 g/mol. The first-order valence-electron chi connectivity index (χ1n) is 5.16. The van der Waals surface area contributed by atoms with Crippen LogP contribution in [0.3, 0.4) is 0 Å². The molecule has 90 valence electrons. The zero-order valence-corrected chi connectivity index (χ0v) is 14.3. The molecule has 0 aliphatic carbocycles. The maximum absolute atomic E-state index is 3.81. The van der Waals surface area contributed by atoms with Crippen LogP contribution in [0.4, 0.5) is 0 Å². The summed E-state index contributed by atoms with van der Waals surface area (Å²) < 4.78 is 1.20. The molecule has 0 bridgehead atoms. The van der Waals surface area contributed by atoms with Gasteiger partial charge in [-0.25, -0.2) is 0 Å². The summed E-state index contributed by atoms with van der Waals surface area (Å²) in [7, 11) is 0. The SMILES string of the molecule is CSc1ccccc1C(Br)c1cc(Br)c(C)s1. The lowest BCUT2D eigenvalue weighted by molar-refractivity contribution is 1.15. The number of halogens is 2. The van der Waals surface area contributed by atoms with E-state index in [9.17, 15) is 0 Å². The molecule has 2 rings (SSSR count). The molecule has 1 heterocycles. The maximum atomic E-state index is 3.81. The fourth-order valence-corrected chi connectivity index (χ4v) is 4.79. The Hall–Kier alpha value is 0.230. The van der Waals surface area contributed by atoms with E-state index < -0.39 is 0 Å². The van der Waals surface area contributed by atoms with E-state index in [-0.39, 0.29) is 4.83 Å². The summed E-state index contributed by atoms with van der Waals surface area (Å²) in [5.41, 5.74) is 1.34. The first-order valence-corrected chi connectivity index (χ1v) is 8.91. The minimum absolute atomic E-state index is 0.279. The van der Waals surface area contributed by atoms with Crippen LogP contribution in [0.15, 0.2) is 39.7 Å². The highest BCUT2D eigenvalue weighted by atomic mass is 79.9. The molecule has 0 spiro atoms. The Kier molecular flexibility index (Phi) is 4.75. The van der Waals surface area contributed by atoms with Crippen LogP contribution in [0.1, 0.15) is 20.1 Å². The number of thioether (sulfide) groups is 1. The molecule has 1 aromatic carbocycles. The number of aryl methyl sites for hydroxylation is 1. The highest BCUT2D eigenvalue weighted by Gasteiger charge is 2.16. The molecule has 0 nitrogen and oxygen atoms in total. The molecule has 2 aromatic rings. The van der Waals surface area contributed by atoms with Gasteiger partial charge in [-0.1, -0.05) is 34.1 Å². The maximum Gasteiger partial charge on any atom is 0.0749 e. The smallest absolute Gasteiger partial charge is 0.0749 e. The number of hydrogen-bond acceptors (Lipinski definition) is 2. The molecular weight excluding hydrogens is 380 g/mol. The summed E-state index contributed by atoms with van der Waals surface area (Å²) in [6, 6.07) is 10.7. The molecular formula is C13H12Br2S2. The lowest BCUT2D eigenvalue weighted by Crippen LogP contribution is -1.91. The molecule has 1 aromatic heterocycles. The van der Waals surface area contributed by atoms with E-state index in [0.29, 0.717) is 0 Å². The van der Waals surface area contributed by atoms with E-state index in [4.69, 9.17) is 0 Å². The fraction of sp³-hybridized carbons (Fsp3) is 0.231. The number of hydrogen-bond donors (Lipinski definition) is 0. The normalized spacial score (nSPS) is 12.7. The second-order valence-electron chi connectivity index (χ2n) is 3.66. The van der Waals surface area contributed by atoms with Crippen LogP contribution in [0, 0.1) is 6.92 Å². The largest absolute Gasteiger partial charge is 0.143 e. The predicted molar refractivity (Wildman–Crippen MR) is 85.7 cm³/mol. The van der Waals surface area contributed by atoms with E-state index in [1.165, 1.54) is 24.7 Å². The van der Waals surface area contributed by atoms with Gasteiger partial charge >= 0.3 is 0 Å². The second-order valence-corrected chi connectivity index (χ2v) is 7.56. The molecule has 0 saturated carbocycles. The van der Waals surface area contributed by atoms with E-state index in [0.717, 1.165) is 0 Å². The van der Waals surface area contributed by atoms with Gasteiger partial charge < -0.3 is 0 Å². The van der Waals surface area contributed by atoms with Gasteiger partial charge in [0.25, 0.3) is 0 Å². The van der Waals surface area contributed by atoms with Crippen molar-refractivity contribution in [1.29, 1.82) is 0 Å². The molecule has 0 radical (unpaired) electrons. The molecule has 17 heavy (non-hydrogen) atoms. The summed E-state index contributed by atoms with van der Waals surface area (Å²) in [6.45, 7) is 2.14. The van der Waals surface area contributed by atoms with Crippen molar-refractivity contribution in [3.63, 3.8) is 0 Å². The first kappa shape index (κ1) is 13.7. The third-order valence-electron chi connectivity index (χ3n) is 2.54. The zero-order chi connectivity index (χ0) is 12.4. The Labute approximate surface area is 127 Å². The van der Waals surface area contributed by atoms with Gasteiger partial charge in [-0.05, 0) is 46.8 Å². The van der Waals surface area contributed by atoms with Gasteiger partial charge in [0.1, 0.15) is 0 Å². The Morgan fingerprint density at radius 1 is 1.29 bits per heavy atom. The quantitative estimate of drug-likeness (QED) is 0.454. The van der Waals surface area contributed by atoms with Gasteiger partial charge in [0, 0.05) is 19.1 Å². The Morgan fingerprint density at radius 2 is 2.00 bits per heavy atom. The third-order valence-corrected chi connectivity index (χ3v) is 6.84. The van der Waals surface area contributed by atoms with Gasteiger partial charge in [0.15, 0.2) is 0 Å². The first-order chi connectivity index (χ1) is 8.13. The van der Waals surface area contributed by atoms with Crippen LogP contribution in [0.25, 0.3) is 0 Å². The molecule has 0 fully saturated rings. The molecule has 1 unspecified atom stereocenters. The van der Waals surface area contributed by atoms with Gasteiger partial charge in [0.05, 0.1) is 4.83 Å². The van der Waals surface area contributed by atoms with E-state index >= 15 is 0 Å². The van der Waals surface area contributed by atoms with Crippen molar-refractivity contribution in [1.82, 2.24) is 0 Å². The highest BCUT2D eigenvalue weighted by Crippen LogP contribution is 2.41. The van der Waals surface area contributed by atoms with Crippen molar-refractivity contribution in [3.05, 3.63) is 50.1 Å². The van der Waals surface area contributed by atoms with Crippen molar-refractivity contribution in [2.24, 2.45) is 0 Å². The van der Waals surface area contributed by atoms with Crippen LogP contribution < -0.4 is 0 Å². The third kappa shape index (κ3) is 2.98. The number of rotatable bonds is 3. The number of benzene rings is 1. The van der Waals surface area contributed by atoms with Crippen molar-refractivity contribution < 1.29 is 0 Å². The topological polar surface area (TPSA) is 0 Å². The Morgan fingerprint density at radius 3 is 2.59 bits per heavy atom. The van der Waals surface area contributed by atoms with Crippen LogP contribution in [-0.2, 0) is 0 Å². The highest BCUT2D eigenvalue weighted by molar-refractivity contribution is 9.10. The number of alkyl halides is 1. The van der Waals surface area contributed by atoms with E-state index in [1.807, 2.05) is 11.3 Å². The molecule has 4 heteroatoms. The molecule has 0 aliphatic rings. The summed E-state index contributed by atoms with van der Waals surface area (Å²) in [5.74, 6) is 0. The minimum Gasteiger partial charge on any atom is -0.143 e. The van der Waals surface area contributed by atoms with Gasteiger partial charge in [-0.2, -0.15) is 0 Å². The molecule has 0 saturated heterocycles. The zero-order valence-electron chi connectivity index (χ0n) is 9.54. The van der Waals surface area contributed by atoms with Crippen LogP contribution in [0.5, 0.6) is 0 Å². The number of thiophene rings is 1. The van der Waals surface area contributed by atoms with Crippen LogP contribution in [0.2, 0.25) is 0 Å². The molecule has 1 atom stereocenters. The van der Waals surface area contributed by atoms with Crippen molar-refractivity contribution in [2.75, 3.05) is 6.26 Å². The Balaban J connectivity index is 2.39. The average Bonchev–Trinajstić information content (AvgIpc) is 2.68. The molecule has 0 N–H and O–H groups in total. The lowest BCUT2D eigenvalue weighted by Gasteiger charge is -2.12. The van der Waals surface area contributed by atoms with Crippen molar-refractivity contribution >= 4 is 55.0 Å². The van der Waals surface area contributed by atoms with Crippen molar-refractivity contribution in [2.45, 2.75) is 16.6 Å². The summed E-state index contributed by atoms with van der Waals surface area (Å²) in [5, 5.41) is 0. The van der Waals surface area contributed by atoms with Crippen LogP contribution >= 0.6 is 55.0 Å². The standard InChI is InChI=1S/C13H12Br2S2/c1-8-10(14)7-12(17-8)13(15)9-5-3-4-6-11(9)16-2/h3-7,13H,1-2H3. The van der Waals surface area contributed by atoms with Gasteiger partial charge in [-0.15, -0.1) is 23.1 Å². The lowest BCUT2D eigenvalue weighted by atomic mass is 10.1. The summed E-state index contributed by atoms with van der Waals surface area (Å²) >= 11 is 11.0. The van der Waals surface area contributed by atoms with Gasteiger partial charge in [-0.3, -0.25) is 0 Å². The predicted octanol–water partition coefficient (Wildman–Crippen LogP) is 6.03. The molecule has 0 aliphatic heterocycles. The second kappa shape index (κ2) is 5.91. The monoisotopic (exact) mass is 390 g/mol. The van der Waals surface area contributed by atoms with Gasteiger partial charge in [0.2, 0.25) is 0 Å². The fourth-order valence-electron chi connectivity index (χ4n) is 1.64. The summed E-state index contributed by atoms with van der Waals surface area (Å²) in [6.07, 6.45) is 2.12. The summed E-state index contributed by atoms with van der Waals surface area (Å²) in [4.78, 5) is 4.28.